The number of benzene rings is 2. The van der Waals surface area contributed by atoms with Crippen molar-refractivity contribution in [3.63, 3.8) is 0 Å². The molecule has 26 heavy (non-hydrogen) atoms. The van der Waals surface area contributed by atoms with Gasteiger partial charge in [0.2, 0.25) is 5.91 Å². The van der Waals surface area contributed by atoms with Crippen LogP contribution in [0, 0.1) is 10.1 Å². The molecule has 0 bridgehead atoms. The van der Waals surface area contributed by atoms with Crippen LogP contribution >= 0.6 is 0 Å². The van der Waals surface area contributed by atoms with Gasteiger partial charge in [-0.3, -0.25) is 14.9 Å². The number of para-hydroxylation sites is 2. The van der Waals surface area contributed by atoms with Crippen molar-refractivity contribution in [3.05, 3.63) is 70.3 Å². The maximum Gasteiger partial charge on any atom is 0.310 e. The minimum absolute atomic E-state index is 0.0686. The summed E-state index contributed by atoms with van der Waals surface area (Å²) >= 11 is 0. The largest absolute Gasteiger partial charge is 0.486 e. The van der Waals surface area contributed by atoms with E-state index < -0.39 is 4.92 Å². The Bertz CT molecular complexity index is 722. The van der Waals surface area contributed by atoms with E-state index in [-0.39, 0.29) is 30.4 Å². The van der Waals surface area contributed by atoms with Crippen LogP contribution in [0.4, 0.5) is 5.69 Å². The van der Waals surface area contributed by atoms with Crippen LogP contribution in [0.15, 0.2) is 54.6 Å². The van der Waals surface area contributed by atoms with Gasteiger partial charge in [-0.25, -0.2) is 0 Å². The quantitative estimate of drug-likeness (QED) is 0.521. The van der Waals surface area contributed by atoms with Gasteiger partial charge in [-0.15, -0.1) is 0 Å². The van der Waals surface area contributed by atoms with E-state index >= 15 is 0 Å². The number of rotatable bonds is 10. The van der Waals surface area contributed by atoms with Gasteiger partial charge in [-0.2, -0.15) is 0 Å². The van der Waals surface area contributed by atoms with Crippen LogP contribution < -0.4 is 10.5 Å². The molecule has 0 saturated carbocycles. The second kappa shape index (κ2) is 10.1. The van der Waals surface area contributed by atoms with Gasteiger partial charge in [0, 0.05) is 19.2 Å². The number of nitrogens with zero attached hydrogens (tertiary/aromatic N) is 2. The first-order valence-corrected chi connectivity index (χ1v) is 8.50. The van der Waals surface area contributed by atoms with E-state index in [2.05, 4.69) is 0 Å². The molecule has 0 fully saturated rings. The number of carbonyl (C=O) groups is 1. The molecule has 7 heteroatoms. The van der Waals surface area contributed by atoms with E-state index in [1.807, 2.05) is 30.3 Å². The van der Waals surface area contributed by atoms with Gasteiger partial charge in [0.25, 0.3) is 0 Å². The van der Waals surface area contributed by atoms with Crippen LogP contribution in [0.5, 0.6) is 5.75 Å². The number of nitro groups is 1. The molecule has 2 aromatic rings. The minimum atomic E-state index is -0.500. The lowest BCUT2D eigenvalue weighted by molar-refractivity contribution is -0.385. The molecule has 138 valence electrons. The van der Waals surface area contributed by atoms with Crippen LogP contribution in [-0.2, 0) is 11.3 Å². The van der Waals surface area contributed by atoms with E-state index in [0.717, 1.165) is 5.56 Å². The second-order valence-corrected chi connectivity index (χ2v) is 5.77. The van der Waals surface area contributed by atoms with E-state index in [4.69, 9.17) is 10.5 Å². The maximum atomic E-state index is 12.5. The molecule has 0 aliphatic heterocycles. The Labute approximate surface area is 152 Å². The molecule has 0 aromatic heterocycles. The van der Waals surface area contributed by atoms with Gasteiger partial charge >= 0.3 is 5.69 Å². The van der Waals surface area contributed by atoms with Gasteiger partial charge < -0.3 is 15.4 Å². The number of carbonyl (C=O) groups excluding carboxylic acids is 1. The van der Waals surface area contributed by atoms with Crippen molar-refractivity contribution in [2.45, 2.75) is 19.4 Å². The van der Waals surface area contributed by atoms with Crippen molar-refractivity contribution in [2.24, 2.45) is 5.73 Å². The molecule has 0 unspecified atom stereocenters. The number of hydrogen-bond donors (Lipinski definition) is 1. The molecule has 2 N–H and O–H groups in total. The average Bonchev–Trinajstić information content (AvgIpc) is 2.66. The van der Waals surface area contributed by atoms with Crippen LogP contribution in [0.1, 0.15) is 18.4 Å². The van der Waals surface area contributed by atoms with Crippen molar-refractivity contribution < 1.29 is 14.5 Å². The highest BCUT2D eigenvalue weighted by molar-refractivity contribution is 5.76. The SMILES string of the molecule is NCCCN(Cc1ccccc1)C(=O)CCOc1ccccc1[N+](=O)[O-]. The third-order valence-electron chi connectivity index (χ3n) is 3.84. The summed E-state index contributed by atoms with van der Waals surface area (Å²) in [5.41, 5.74) is 6.50. The fourth-order valence-corrected chi connectivity index (χ4v) is 2.51. The minimum Gasteiger partial charge on any atom is -0.486 e. The highest BCUT2D eigenvalue weighted by atomic mass is 16.6. The van der Waals surface area contributed by atoms with Crippen molar-refractivity contribution in [1.82, 2.24) is 4.90 Å². The summed E-state index contributed by atoms with van der Waals surface area (Å²) in [6, 6.07) is 15.9. The third-order valence-corrected chi connectivity index (χ3v) is 3.84. The smallest absolute Gasteiger partial charge is 0.310 e. The maximum absolute atomic E-state index is 12.5. The van der Waals surface area contributed by atoms with Gasteiger partial charge in [0.1, 0.15) is 0 Å². The molecule has 1 amide bonds. The Morgan fingerprint density at radius 2 is 1.81 bits per heavy atom. The van der Waals surface area contributed by atoms with Crippen molar-refractivity contribution in [1.29, 1.82) is 0 Å². The highest BCUT2D eigenvalue weighted by Gasteiger charge is 2.16. The zero-order valence-electron chi connectivity index (χ0n) is 14.5. The third kappa shape index (κ3) is 5.86. The topological polar surface area (TPSA) is 98.7 Å². The summed E-state index contributed by atoms with van der Waals surface area (Å²) in [6.07, 6.45) is 0.854. The molecule has 7 nitrogen and oxygen atoms in total. The lowest BCUT2D eigenvalue weighted by Gasteiger charge is -2.23. The second-order valence-electron chi connectivity index (χ2n) is 5.77. The number of amides is 1. The fraction of sp³-hybridized carbons (Fsp3) is 0.316. The van der Waals surface area contributed by atoms with E-state index in [1.54, 1.807) is 17.0 Å². The molecule has 0 saturated heterocycles. The molecule has 0 aliphatic carbocycles. The monoisotopic (exact) mass is 357 g/mol. The summed E-state index contributed by atoms with van der Waals surface area (Å²) in [6.45, 7) is 1.66. The Hall–Kier alpha value is -2.93. The molecule has 0 heterocycles. The van der Waals surface area contributed by atoms with Crippen LogP contribution in [0.3, 0.4) is 0 Å². The predicted molar refractivity (Wildman–Crippen MR) is 98.7 cm³/mol. The molecular weight excluding hydrogens is 334 g/mol. The average molecular weight is 357 g/mol. The molecule has 2 aromatic carbocycles. The Morgan fingerprint density at radius 3 is 2.50 bits per heavy atom. The Kier molecular flexibility index (Phi) is 7.57. The van der Waals surface area contributed by atoms with E-state index in [9.17, 15) is 14.9 Å². The first-order chi connectivity index (χ1) is 12.6. The summed E-state index contributed by atoms with van der Waals surface area (Å²) < 4.78 is 5.46. The zero-order valence-corrected chi connectivity index (χ0v) is 14.5. The number of nitro benzene ring substituents is 1. The lowest BCUT2D eigenvalue weighted by atomic mass is 10.2. The van der Waals surface area contributed by atoms with Crippen molar-refractivity contribution in [3.8, 4) is 5.75 Å². The summed E-state index contributed by atoms with van der Waals surface area (Å²) in [5.74, 6) is 0.0998. The molecule has 0 aliphatic rings. The first-order valence-electron chi connectivity index (χ1n) is 8.50. The fourth-order valence-electron chi connectivity index (χ4n) is 2.51. The number of nitrogens with two attached hydrogens (primary N) is 1. The van der Waals surface area contributed by atoms with Gasteiger partial charge in [-0.05, 0) is 24.6 Å². The van der Waals surface area contributed by atoms with E-state index in [1.165, 1.54) is 12.1 Å². The standard InChI is InChI=1S/C19H23N3O4/c20-12-6-13-21(15-16-7-2-1-3-8-16)19(23)11-14-26-18-10-5-4-9-17(18)22(24)25/h1-5,7-10H,6,11-15,20H2. The van der Waals surface area contributed by atoms with Gasteiger partial charge in [0.15, 0.2) is 5.75 Å². The molecule has 0 spiro atoms. The molecule has 0 radical (unpaired) electrons. The summed E-state index contributed by atoms with van der Waals surface area (Å²) in [5, 5.41) is 11.0. The predicted octanol–water partition coefficient (Wildman–Crippen LogP) is 2.74. The van der Waals surface area contributed by atoms with E-state index in [0.29, 0.717) is 26.1 Å². The van der Waals surface area contributed by atoms with Crippen LogP contribution in [-0.4, -0.2) is 35.4 Å². The number of ether oxygens (including phenoxy) is 1. The lowest BCUT2D eigenvalue weighted by Crippen LogP contribution is -2.33. The van der Waals surface area contributed by atoms with Gasteiger partial charge in [0.05, 0.1) is 18.0 Å². The molecule has 0 atom stereocenters. The summed E-state index contributed by atoms with van der Waals surface area (Å²) in [7, 11) is 0. The molecule has 2 rings (SSSR count). The summed E-state index contributed by atoms with van der Waals surface area (Å²) in [4.78, 5) is 24.8. The Morgan fingerprint density at radius 1 is 1.12 bits per heavy atom. The Balaban J connectivity index is 1.93. The van der Waals surface area contributed by atoms with Crippen LogP contribution in [0.2, 0.25) is 0 Å². The first kappa shape index (κ1) is 19.4. The highest BCUT2D eigenvalue weighted by Crippen LogP contribution is 2.25. The van der Waals surface area contributed by atoms with Crippen molar-refractivity contribution in [2.75, 3.05) is 19.7 Å². The molecular formula is C19H23N3O4. The van der Waals surface area contributed by atoms with Gasteiger partial charge in [-0.1, -0.05) is 42.5 Å². The van der Waals surface area contributed by atoms with Crippen molar-refractivity contribution >= 4 is 11.6 Å². The van der Waals surface area contributed by atoms with Crippen LogP contribution in [0.25, 0.3) is 0 Å². The number of hydrogen-bond acceptors (Lipinski definition) is 5. The zero-order chi connectivity index (χ0) is 18.8. The normalized spacial score (nSPS) is 10.3.